The molecule has 0 radical (unpaired) electrons. The second-order valence-corrected chi connectivity index (χ2v) is 3.95. The van der Waals surface area contributed by atoms with Gasteiger partial charge in [0.05, 0.1) is 0 Å². The first kappa shape index (κ1) is 10.8. The number of amides is 1. The molecule has 16 heavy (non-hydrogen) atoms. The van der Waals surface area contributed by atoms with Crippen LogP contribution in [0.25, 0.3) is 0 Å². The smallest absolute Gasteiger partial charge is 0.288 e. The van der Waals surface area contributed by atoms with Gasteiger partial charge in [0.1, 0.15) is 5.69 Å². The second kappa shape index (κ2) is 4.89. The molecule has 1 aromatic rings. The third-order valence-electron chi connectivity index (χ3n) is 2.10. The molecule has 0 aliphatic heterocycles. The van der Waals surface area contributed by atoms with Gasteiger partial charge in [0, 0.05) is 12.2 Å². The summed E-state index contributed by atoms with van der Waals surface area (Å²) in [5.41, 5.74) is 5.46. The van der Waals surface area contributed by atoms with Crippen molar-refractivity contribution in [3.05, 3.63) is 30.1 Å². The molecule has 1 amide bonds. The minimum absolute atomic E-state index is 0.305. The Balaban J connectivity index is 1.77. The maximum atomic E-state index is 11.5. The fraction of sp³-hybridized carbons (Fsp3) is 0.300. The number of nitrogens with one attached hydrogen (secondary N) is 3. The highest BCUT2D eigenvalue weighted by atomic mass is 32.1. The summed E-state index contributed by atoms with van der Waals surface area (Å²) in [6.45, 7) is 0. The third-order valence-corrected chi connectivity index (χ3v) is 2.32. The van der Waals surface area contributed by atoms with Gasteiger partial charge in [-0.2, -0.15) is 0 Å². The lowest BCUT2D eigenvalue weighted by Crippen LogP contribution is -2.47. The molecule has 1 aromatic heterocycles. The summed E-state index contributed by atoms with van der Waals surface area (Å²) in [7, 11) is 0. The Morgan fingerprint density at radius 1 is 1.38 bits per heavy atom. The molecular weight excluding hydrogens is 224 g/mol. The molecule has 0 atom stereocenters. The Bertz CT molecular complexity index is 391. The standard InChI is InChI=1S/C10H12N4OS/c15-9(8-3-1-2-6-11-8)13-14-10(16)12-7-4-5-7/h1-3,6-7H,4-5H2,(H,13,15)(H2,12,14,16). The van der Waals surface area contributed by atoms with E-state index in [1.807, 2.05) is 0 Å². The van der Waals surface area contributed by atoms with Crippen LogP contribution in [-0.2, 0) is 0 Å². The van der Waals surface area contributed by atoms with Crippen molar-refractivity contribution in [1.82, 2.24) is 21.2 Å². The van der Waals surface area contributed by atoms with Crippen molar-refractivity contribution in [1.29, 1.82) is 0 Å². The van der Waals surface area contributed by atoms with E-state index in [1.165, 1.54) is 0 Å². The lowest BCUT2D eigenvalue weighted by Gasteiger charge is -2.10. The van der Waals surface area contributed by atoms with Gasteiger partial charge in [0.2, 0.25) is 0 Å². The highest BCUT2D eigenvalue weighted by Crippen LogP contribution is 2.18. The highest BCUT2D eigenvalue weighted by molar-refractivity contribution is 7.80. The maximum absolute atomic E-state index is 11.5. The average molecular weight is 236 g/mol. The minimum atomic E-state index is -0.305. The molecule has 0 spiro atoms. The SMILES string of the molecule is O=C(NNC(=S)NC1CC1)c1ccccn1. The van der Waals surface area contributed by atoms with E-state index in [0.717, 1.165) is 12.8 Å². The number of pyridine rings is 1. The molecule has 84 valence electrons. The molecule has 1 fully saturated rings. The first-order valence-corrected chi connectivity index (χ1v) is 5.44. The van der Waals surface area contributed by atoms with E-state index >= 15 is 0 Å². The number of hydrogen-bond donors (Lipinski definition) is 3. The van der Waals surface area contributed by atoms with Gasteiger partial charge in [-0.25, -0.2) is 0 Å². The average Bonchev–Trinajstić information content (AvgIpc) is 3.11. The fourth-order valence-corrected chi connectivity index (χ4v) is 1.34. The van der Waals surface area contributed by atoms with Gasteiger partial charge in [-0.1, -0.05) is 6.07 Å². The summed E-state index contributed by atoms with van der Waals surface area (Å²) in [5.74, 6) is -0.305. The monoisotopic (exact) mass is 236 g/mol. The topological polar surface area (TPSA) is 66.1 Å². The predicted octanol–water partition coefficient (Wildman–Crippen LogP) is 0.353. The van der Waals surface area contributed by atoms with Crippen LogP contribution in [0.4, 0.5) is 0 Å². The van der Waals surface area contributed by atoms with Crippen molar-refractivity contribution in [3.63, 3.8) is 0 Å². The van der Waals surface area contributed by atoms with Crippen LogP contribution in [0.5, 0.6) is 0 Å². The van der Waals surface area contributed by atoms with Crippen LogP contribution in [0, 0.1) is 0 Å². The van der Waals surface area contributed by atoms with E-state index in [-0.39, 0.29) is 5.91 Å². The van der Waals surface area contributed by atoms with Crippen LogP contribution in [0.3, 0.4) is 0 Å². The predicted molar refractivity (Wildman–Crippen MR) is 63.6 cm³/mol. The van der Waals surface area contributed by atoms with Gasteiger partial charge in [-0.05, 0) is 37.2 Å². The van der Waals surface area contributed by atoms with Gasteiger partial charge in [-0.15, -0.1) is 0 Å². The minimum Gasteiger partial charge on any atom is -0.359 e. The fourth-order valence-electron chi connectivity index (χ4n) is 1.12. The molecule has 0 unspecified atom stereocenters. The van der Waals surface area contributed by atoms with Gasteiger partial charge in [0.25, 0.3) is 5.91 Å². The zero-order valence-corrected chi connectivity index (χ0v) is 9.38. The quantitative estimate of drug-likeness (QED) is 0.511. The van der Waals surface area contributed by atoms with Crippen molar-refractivity contribution in [2.75, 3.05) is 0 Å². The summed E-state index contributed by atoms with van der Waals surface area (Å²) < 4.78 is 0. The first-order valence-electron chi connectivity index (χ1n) is 5.03. The number of thiocarbonyl (C=S) groups is 1. The molecule has 1 saturated carbocycles. The number of aromatic nitrogens is 1. The summed E-state index contributed by atoms with van der Waals surface area (Å²) in [6.07, 6.45) is 3.84. The van der Waals surface area contributed by atoms with Crippen molar-refractivity contribution in [3.8, 4) is 0 Å². The van der Waals surface area contributed by atoms with E-state index in [1.54, 1.807) is 24.4 Å². The molecular formula is C10H12N4OS. The Hall–Kier alpha value is -1.69. The Morgan fingerprint density at radius 2 is 2.19 bits per heavy atom. The van der Waals surface area contributed by atoms with Crippen LogP contribution >= 0.6 is 12.2 Å². The van der Waals surface area contributed by atoms with E-state index in [2.05, 4.69) is 21.2 Å². The highest BCUT2D eigenvalue weighted by Gasteiger charge is 2.21. The van der Waals surface area contributed by atoms with Crippen LogP contribution in [-0.4, -0.2) is 22.0 Å². The number of rotatable bonds is 2. The first-order chi connectivity index (χ1) is 7.75. The van der Waals surface area contributed by atoms with Crippen molar-refractivity contribution in [2.24, 2.45) is 0 Å². The number of nitrogens with zero attached hydrogens (tertiary/aromatic N) is 1. The molecule has 1 aliphatic carbocycles. The van der Waals surface area contributed by atoms with Gasteiger partial charge < -0.3 is 5.32 Å². The van der Waals surface area contributed by atoms with E-state index in [4.69, 9.17) is 12.2 Å². The Labute approximate surface area is 98.6 Å². The second-order valence-electron chi connectivity index (χ2n) is 3.54. The lowest BCUT2D eigenvalue weighted by atomic mass is 10.3. The zero-order chi connectivity index (χ0) is 11.4. The Kier molecular flexibility index (Phi) is 3.31. The van der Waals surface area contributed by atoms with Crippen molar-refractivity contribution in [2.45, 2.75) is 18.9 Å². The van der Waals surface area contributed by atoms with Crippen LogP contribution in [0.2, 0.25) is 0 Å². The lowest BCUT2D eigenvalue weighted by molar-refractivity contribution is 0.0938. The molecule has 3 N–H and O–H groups in total. The van der Waals surface area contributed by atoms with Gasteiger partial charge >= 0.3 is 0 Å². The molecule has 5 nitrogen and oxygen atoms in total. The maximum Gasteiger partial charge on any atom is 0.288 e. The molecule has 0 aromatic carbocycles. The number of hydrogen-bond acceptors (Lipinski definition) is 3. The molecule has 0 saturated heterocycles. The third kappa shape index (κ3) is 3.16. The largest absolute Gasteiger partial charge is 0.359 e. The summed E-state index contributed by atoms with van der Waals surface area (Å²) in [6, 6.07) is 5.60. The zero-order valence-electron chi connectivity index (χ0n) is 8.56. The molecule has 1 aliphatic rings. The Morgan fingerprint density at radius 3 is 2.81 bits per heavy atom. The van der Waals surface area contributed by atoms with Crippen LogP contribution in [0.1, 0.15) is 23.3 Å². The molecule has 0 bridgehead atoms. The van der Waals surface area contributed by atoms with Gasteiger partial charge in [-0.3, -0.25) is 20.6 Å². The summed E-state index contributed by atoms with van der Waals surface area (Å²) in [4.78, 5) is 15.4. The van der Waals surface area contributed by atoms with Crippen molar-refractivity contribution >= 4 is 23.2 Å². The normalized spacial score (nSPS) is 14.0. The summed E-state index contributed by atoms with van der Waals surface area (Å²) >= 11 is 4.98. The van der Waals surface area contributed by atoms with Crippen LogP contribution < -0.4 is 16.2 Å². The van der Waals surface area contributed by atoms with Crippen LogP contribution in [0.15, 0.2) is 24.4 Å². The molecule has 2 rings (SSSR count). The number of carbonyl (C=O) groups excluding carboxylic acids is 1. The van der Waals surface area contributed by atoms with E-state index in [0.29, 0.717) is 16.8 Å². The summed E-state index contributed by atoms with van der Waals surface area (Å²) in [5, 5.41) is 3.48. The molecule has 6 heteroatoms. The number of carbonyl (C=O) groups is 1. The van der Waals surface area contributed by atoms with E-state index < -0.39 is 0 Å². The van der Waals surface area contributed by atoms with E-state index in [9.17, 15) is 4.79 Å². The number of hydrazine groups is 1. The van der Waals surface area contributed by atoms with Gasteiger partial charge in [0.15, 0.2) is 5.11 Å². The van der Waals surface area contributed by atoms with Crippen molar-refractivity contribution < 1.29 is 4.79 Å². The molecule has 1 heterocycles.